The largest absolute Gasteiger partial charge is 0.370 e. The molecule has 1 aromatic carbocycles. The number of hydrogen-bond acceptors (Lipinski definition) is 3. The summed E-state index contributed by atoms with van der Waals surface area (Å²) in [5.74, 6) is -0.178. The molecular weight excluding hydrogens is 330 g/mol. The van der Waals surface area contributed by atoms with Crippen LogP contribution in [0.4, 0.5) is 10.5 Å². The van der Waals surface area contributed by atoms with Crippen LogP contribution in [0.2, 0.25) is 5.02 Å². The highest BCUT2D eigenvalue weighted by molar-refractivity contribution is 6.30. The highest BCUT2D eigenvalue weighted by Gasteiger charge is 2.45. The predicted octanol–water partition coefficient (Wildman–Crippen LogP) is 2.49. The van der Waals surface area contributed by atoms with Crippen LogP contribution in [0, 0.1) is 5.92 Å². The topological polar surface area (TPSA) is 70.7 Å². The van der Waals surface area contributed by atoms with E-state index in [0.29, 0.717) is 30.2 Å². The van der Waals surface area contributed by atoms with Gasteiger partial charge < -0.3 is 20.3 Å². The minimum Gasteiger partial charge on any atom is -0.370 e. The molecule has 0 unspecified atom stereocenters. The Hall–Kier alpha value is -1.79. The average Bonchev–Trinajstić information content (AvgIpc) is 2.83. The Labute approximate surface area is 146 Å². The van der Waals surface area contributed by atoms with Crippen molar-refractivity contribution in [3.63, 3.8) is 0 Å². The first kappa shape index (κ1) is 17.0. The molecule has 2 aliphatic rings. The van der Waals surface area contributed by atoms with Crippen molar-refractivity contribution in [2.45, 2.75) is 38.5 Å². The fraction of sp³-hybridized carbons (Fsp3) is 0.529. The summed E-state index contributed by atoms with van der Waals surface area (Å²) in [5.41, 5.74) is 0.692. The van der Waals surface area contributed by atoms with Crippen molar-refractivity contribution in [2.24, 2.45) is 5.92 Å². The number of morpholine rings is 1. The van der Waals surface area contributed by atoms with Crippen molar-refractivity contribution in [1.29, 1.82) is 0 Å². The third kappa shape index (κ3) is 3.82. The van der Waals surface area contributed by atoms with Gasteiger partial charge in [-0.05, 0) is 44.5 Å². The van der Waals surface area contributed by atoms with E-state index in [1.807, 2.05) is 13.8 Å². The summed E-state index contributed by atoms with van der Waals surface area (Å²) in [6.45, 7) is 4.80. The molecule has 0 saturated carbocycles. The molecule has 3 amide bonds. The quantitative estimate of drug-likeness (QED) is 0.879. The molecule has 2 bridgehead atoms. The number of benzene rings is 1. The number of urea groups is 1. The van der Waals surface area contributed by atoms with Crippen LogP contribution in [0.5, 0.6) is 0 Å². The van der Waals surface area contributed by atoms with E-state index in [2.05, 4.69) is 10.6 Å². The number of carbonyl (C=O) groups is 2. The number of rotatable bonds is 3. The number of halogens is 1. The van der Waals surface area contributed by atoms with E-state index in [1.165, 1.54) is 0 Å². The zero-order valence-electron chi connectivity index (χ0n) is 13.8. The third-order valence-corrected chi connectivity index (χ3v) is 4.56. The van der Waals surface area contributed by atoms with Gasteiger partial charge in [0.25, 0.3) is 0 Å². The van der Waals surface area contributed by atoms with Crippen molar-refractivity contribution < 1.29 is 14.3 Å². The van der Waals surface area contributed by atoms with E-state index >= 15 is 0 Å². The summed E-state index contributed by atoms with van der Waals surface area (Å²) in [6, 6.07) is 6.89. The molecule has 2 N–H and O–H groups in total. The lowest BCUT2D eigenvalue weighted by Crippen LogP contribution is -2.49. The van der Waals surface area contributed by atoms with E-state index in [-0.39, 0.29) is 36.1 Å². The van der Waals surface area contributed by atoms with E-state index in [1.54, 1.807) is 29.2 Å². The van der Waals surface area contributed by atoms with Gasteiger partial charge in [-0.25, -0.2) is 4.79 Å². The average molecular weight is 352 g/mol. The first-order valence-electron chi connectivity index (χ1n) is 8.19. The molecule has 2 saturated heterocycles. The summed E-state index contributed by atoms with van der Waals surface area (Å²) in [7, 11) is 0. The van der Waals surface area contributed by atoms with Gasteiger partial charge >= 0.3 is 6.03 Å². The molecule has 24 heavy (non-hydrogen) atoms. The van der Waals surface area contributed by atoms with Crippen LogP contribution in [-0.2, 0) is 9.53 Å². The second-order valence-corrected chi connectivity index (χ2v) is 7.08. The van der Waals surface area contributed by atoms with Gasteiger partial charge in [-0.1, -0.05) is 11.6 Å². The van der Waals surface area contributed by atoms with E-state index in [9.17, 15) is 9.59 Å². The normalized spacial score (nSPS) is 25.7. The zero-order valence-corrected chi connectivity index (χ0v) is 14.5. The molecule has 2 fully saturated rings. The van der Waals surface area contributed by atoms with Crippen LogP contribution < -0.4 is 10.6 Å². The molecule has 0 spiro atoms. The molecule has 0 aliphatic carbocycles. The summed E-state index contributed by atoms with van der Waals surface area (Å²) in [4.78, 5) is 26.4. The second kappa shape index (κ2) is 6.99. The zero-order chi connectivity index (χ0) is 17.3. The van der Waals surface area contributed by atoms with Gasteiger partial charge in [0.05, 0.1) is 18.1 Å². The molecule has 0 radical (unpaired) electrons. The van der Waals surface area contributed by atoms with Gasteiger partial charge in [-0.15, -0.1) is 0 Å². The van der Waals surface area contributed by atoms with Crippen LogP contribution in [0.3, 0.4) is 0 Å². The first-order chi connectivity index (χ1) is 11.4. The molecule has 130 valence electrons. The summed E-state index contributed by atoms with van der Waals surface area (Å²) in [6.07, 6.45) is 0.342. The maximum atomic E-state index is 12.5. The van der Waals surface area contributed by atoms with Crippen molar-refractivity contribution in [3.05, 3.63) is 29.3 Å². The van der Waals surface area contributed by atoms with Gasteiger partial charge in [0, 0.05) is 29.8 Å². The van der Waals surface area contributed by atoms with Gasteiger partial charge in [0.2, 0.25) is 5.91 Å². The Bertz CT molecular complexity index is 620. The molecule has 1 aromatic rings. The Balaban J connectivity index is 1.60. The maximum Gasteiger partial charge on any atom is 0.322 e. The summed E-state index contributed by atoms with van der Waals surface area (Å²) < 4.78 is 5.86. The molecule has 2 aliphatic heterocycles. The third-order valence-electron chi connectivity index (χ3n) is 4.31. The minimum atomic E-state index is -0.238. The van der Waals surface area contributed by atoms with Gasteiger partial charge in [-0.2, -0.15) is 0 Å². The first-order valence-corrected chi connectivity index (χ1v) is 8.57. The van der Waals surface area contributed by atoms with Crippen LogP contribution in [0.25, 0.3) is 0 Å². The number of ether oxygens (including phenoxy) is 1. The maximum absolute atomic E-state index is 12.5. The molecule has 3 rings (SSSR count). The fourth-order valence-electron chi connectivity index (χ4n) is 3.23. The van der Waals surface area contributed by atoms with Crippen molar-refractivity contribution in [1.82, 2.24) is 10.2 Å². The number of hydrogen-bond donors (Lipinski definition) is 2. The number of anilines is 1. The fourth-order valence-corrected chi connectivity index (χ4v) is 3.35. The molecular formula is C17H22ClN3O3. The van der Waals surface area contributed by atoms with Crippen LogP contribution in [0.1, 0.15) is 20.3 Å². The Morgan fingerprint density at radius 3 is 2.62 bits per heavy atom. The number of nitrogens with zero attached hydrogens (tertiary/aromatic N) is 1. The molecule has 2 heterocycles. The van der Waals surface area contributed by atoms with Gasteiger partial charge in [-0.3, -0.25) is 4.79 Å². The number of fused-ring (bicyclic) bond motifs is 2. The van der Waals surface area contributed by atoms with Gasteiger partial charge in [0.1, 0.15) is 0 Å². The smallest absolute Gasteiger partial charge is 0.322 e. The van der Waals surface area contributed by atoms with E-state index < -0.39 is 0 Å². The molecule has 3 atom stereocenters. The Morgan fingerprint density at radius 2 is 1.96 bits per heavy atom. The number of amides is 3. The molecule has 6 nitrogen and oxygen atoms in total. The second-order valence-electron chi connectivity index (χ2n) is 6.64. The highest BCUT2D eigenvalue weighted by Crippen LogP contribution is 2.32. The SMILES string of the molecule is CC(C)NC(=O)[C@@H]1C[C@H]2CN(C(=O)Nc3ccc(Cl)cc3)C[C@@H]1O2. The lowest BCUT2D eigenvalue weighted by molar-refractivity contribution is -0.128. The molecule has 7 heteroatoms. The lowest BCUT2D eigenvalue weighted by atomic mass is 9.99. The highest BCUT2D eigenvalue weighted by atomic mass is 35.5. The Kier molecular flexibility index (Phi) is 4.96. The lowest BCUT2D eigenvalue weighted by Gasteiger charge is -2.32. The van der Waals surface area contributed by atoms with Crippen LogP contribution >= 0.6 is 11.6 Å². The van der Waals surface area contributed by atoms with Crippen molar-refractivity contribution in [2.75, 3.05) is 18.4 Å². The monoisotopic (exact) mass is 351 g/mol. The van der Waals surface area contributed by atoms with Crippen LogP contribution in [-0.4, -0.2) is 48.2 Å². The summed E-state index contributed by atoms with van der Waals surface area (Å²) in [5, 5.41) is 6.41. The van der Waals surface area contributed by atoms with Crippen molar-refractivity contribution >= 4 is 29.2 Å². The predicted molar refractivity (Wildman–Crippen MR) is 92.1 cm³/mol. The van der Waals surface area contributed by atoms with E-state index in [0.717, 1.165) is 0 Å². The van der Waals surface area contributed by atoms with Gasteiger partial charge in [0.15, 0.2) is 0 Å². The number of nitrogens with one attached hydrogen (secondary N) is 2. The standard InChI is InChI=1S/C17H22ClN3O3/c1-10(2)19-16(22)14-7-13-8-21(9-15(14)24-13)17(23)20-12-5-3-11(18)4-6-12/h3-6,10,13-15H,7-9H2,1-2H3,(H,19,22)(H,20,23)/t13-,14+,15-/m0/s1. The Morgan fingerprint density at radius 1 is 1.25 bits per heavy atom. The van der Waals surface area contributed by atoms with E-state index in [4.69, 9.17) is 16.3 Å². The number of carbonyl (C=O) groups excluding carboxylic acids is 2. The number of likely N-dealkylation sites (tertiary alicyclic amines) is 1. The van der Waals surface area contributed by atoms with Crippen molar-refractivity contribution in [3.8, 4) is 0 Å². The van der Waals surface area contributed by atoms with Crippen LogP contribution in [0.15, 0.2) is 24.3 Å². The molecule has 0 aromatic heterocycles. The summed E-state index contributed by atoms with van der Waals surface area (Å²) >= 11 is 5.85. The minimum absolute atomic E-state index is 0.0115.